The van der Waals surface area contributed by atoms with Gasteiger partial charge in [0, 0.05) is 5.69 Å². The van der Waals surface area contributed by atoms with Crippen LogP contribution in [0.2, 0.25) is 0 Å². The molecule has 0 saturated heterocycles. The van der Waals surface area contributed by atoms with Crippen molar-refractivity contribution >= 4 is 39.4 Å². The van der Waals surface area contributed by atoms with Gasteiger partial charge in [0.2, 0.25) is 0 Å². The monoisotopic (exact) mass is 308 g/mol. The highest BCUT2D eigenvalue weighted by atomic mass is 32.1. The van der Waals surface area contributed by atoms with E-state index in [1.165, 1.54) is 0 Å². The molecule has 110 valence electrons. The van der Waals surface area contributed by atoms with Gasteiger partial charge in [-0.3, -0.25) is 0 Å². The van der Waals surface area contributed by atoms with Crippen LogP contribution in [0.15, 0.2) is 54.1 Å². The number of nitrogens with two attached hydrogens (primary N) is 1. The van der Waals surface area contributed by atoms with E-state index in [-0.39, 0.29) is 5.75 Å². The number of fused-ring (bicyclic) bond motifs is 1. The second-order valence-corrected chi connectivity index (χ2v) is 6.15. The van der Waals surface area contributed by atoms with E-state index in [0.717, 1.165) is 32.0 Å². The molecule has 0 spiro atoms. The van der Waals surface area contributed by atoms with Crippen LogP contribution in [0, 0.1) is 0 Å². The number of allylic oxidation sites excluding steroid dienone is 2. The molecule has 0 atom stereocenters. The molecule has 3 rings (SSSR count). The number of benzene rings is 2. The van der Waals surface area contributed by atoms with Crippen LogP contribution in [-0.4, -0.2) is 10.1 Å². The van der Waals surface area contributed by atoms with Gasteiger partial charge in [0.15, 0.2) is 0 Å². The van der Waals surface area contributed by atoms with Gasteiger partial charge in [-0.05, 0) is 48.9 Å². The average Bonchev–Trinajstić information content (AvgIpc) is 2.89. The third-order valence-corrected chi connectivity index (χ3v) is 4.19. The van der Waals surface area contributed by atoms with E-state index in [1.807, 2.05) is 49.4 Å². The predicted molar refractivity (Wildman–Crippen MR) is 94.8 cm³/mol. The maximum atomic E-state index is 9.48. The molecular formula is C18H16N2OS. The summed E-state index contributed by atoms with van der Waals surface area (Å²) in [6.45, 7) is 2.05. The van der Waals surface area contributed by atoms with Crippen molar-refractivity contribution in [3.05, 3.63) is 64.7 Å². The summed E-state index contributed by atoms with van der Waals surface area (Å²) in [6.07, 6.45) is 6.12. The van der Waals surface area contributed by atoms with Gasteiger partial charge in [-0.25, -0.2) is 4.98 Å². The van der Waals surface area contributed by atoms with Crippen LogP contribution in [0.25, 0.3) is 22.4 Å². The number of nitrogen functional groups attached to an aromatic ring is 1. The van der Waals surface area contributed by atoms with Gasteiger partial charge in [0.1, 0.15) is 10.8 Å². The van der Waals surface area contributed by atoms with Gasteiger partial charge < -0.3 is 10.8 Å². The third-order valence-electron chi connectivity index (χ3n) is 3.21. The lowest BCUT2D eigenvalue weighted by Gasteiger charge is -1.96. The second kappa shape index (κ2) is 6.03. The smallest absolute Gasteiger partial charge is 0.117 e. The summed E-state index contributed by atoms with van der Waals surface area (Å²) in [4.78, 5) is 4.52. The van der Waals surface area contributed by atoms with Gasteiger partial charge in [-0.15, -0.1) is 11.3 Å². The van der Waals surface area contributed by atoms with E-state index >= 15 is 0 Å². The summed E-state index contributed by atoms with van der Waals surface area (Å²) in [5.74, 6) is 0.270. The number of phenols is 1. The highest BCUT2D eigenvalue weighted by Crippen LogP contribution is 2.26. The Bertz CT molecular complexity index is 860. The van der Waals surface area contributed by atoms with Crippen LogP contribution in [0.5, 0.6) is 5.75 Å². The Labute approximate surface area is 133 Å². The average molecular weight is 308 g/mol. The molecule has 3 aromatic rings. The maximum absolute atomic E-state index is 9.48. The van der Waals surface area contributed by atoms with Crippen molar-refractivity contribution in [3.8, 4) is 5.75 Å². The molecule has 0 aliphatic carbocycles. The van der Waals surface area contributed by atoms with Gasteiger partial charge >= 0.3 is 0 Å². The van der Waals surface area contributed by atoms with E-state index in [0.29, 0.717) is 0 Å². The first kappa shape index (κ1) is 14.4. The fourth-order valence-corrected chi connectivity index (χ4v) is 3.01. The van der Waals surface area contributed by atoms with Gasteiger partial charge in [0.05, 0.1) is 10.2 Å². The summed E-state index contributed by atoms with van der Waals surface area (Å²) >= 11 is 1.56. The number of thiazole rings is 1. The molecule has 0 bridgehead atoms. The van der Waals surface area contributed by atoms with Crippen LogP contribution in [0.4, 0.5) is 5.69 Å². The quantitative estimate of drug-likeness (QED) is 0.544. The van der Waals surface area contributed by atoms with Crippen molar-refractivity contribution in [2.75, 3.05) is 5.73 Å². The van der Waals surface area contributed by atoms with Crippen molar-refractivity contribution in [3.63, 3.8) is 0 Å². The van der Waals surface area contributed by atoms with E-state index < -0.39 is 0 Å². The van der Waals surface area contributed by atoms with Crippen molar-refractivity contribution in [2.45, 2.75) is 6.92 Å². The fourth-order valence-electron chi connectivity index (χ4n) is 2.11. The molecule has 4 heteroatoms. The summed E-state index contributed by atoms with van der Waals surface area (Å²) in [5.41, 5.74) is 9.60. The summed E-state index contributed by atoms with van der Waals surface area (Å²) < 4.78 is 0.986. The van der Waals surface area contributed by atoms with Gasteiger partial charge in [0.25, 0.3) is 0 Å². The van der Waals surface area contributed by atoms with Crippen LogP contribution >= 0.6 is 11.3 Å². The normalized spacial score (nSPS) is 12.3. The first-order valence-electron chi connectivity index (χ1n) is 6.92. The highest BCUT2D eigenvalue weighted by Gasteiger charge is 2.01. The molecule has 0 unspecified atom stereocenters. The molecule has 0 saturated carbocycles. The van der Waals surface area contributed by atoms with Crippen LogP contribution in [-0.2, 0) is 0 Å². The molecule has 0 aliphatic rings. The van der Waals surface area contributed by atoms with Crippen molar-refractivity contribution < 1.29 is 5.11 Å². The Kier molecular flexibility index (Phi) is 3.94. The Balaban J connectivity index is 1.80. The van der Waals surface area contributed by atoms with E-state index in [9.17, 15) is 5.11 Å². The first-order valence-corrected chi connectivity index (χ1v) is 7.73. The fraction of sp³-hybridized carbons (Fsp3) is 0.0556. The summed E-state index contributed by atoms with van der Waals surface area (Å²) in [7, 11) is 0. The highest BCUT2D eigenvalue weighted by molar-refractivity contribution is 7.19. The van der Waals surface area contributed by atoms with E-state index in [2.05, 4.69) is 11.1 Å². The zero-order valence-electron chi connectivity index (χ0n) is 12.2. The number of aromatic nitrogens is 1. The minimum absolute atomic E-state index is 0.270. The molecule has 0 fully saturated rings. The Morgan fingerprint density at radius 3 is 2.73 bits per heavy atom. The standard InChI is InChI=1S/C18H16N2OS/c1-12(10-13-3-5-14(19)6-4-13)2-9-18-20-16-8-7-15(21)11-17(16)22-18/h2-11,21H,19H2,1H3/b9-2+,12-10+. The van der Waals surface area contributed by atoms with Crippen molar-refractivity contribution in [2.24, 2.45) is 0 Å². The summed E-state index contributed by atoms with van der Waals surface area (Å²) in [6, 6.07) is 13.0. The molecule has 1 aromatic heterocycles. The molecule has 3 nitrogen and oxygen atoms in total. The third kappa shape index (κ3) is 3.35. The molecular weight excluding hydrogens is 292 g/mol. The largest absolute Gasteiger partial charge is 0.508 e. The molecule has 0 radical (unpaired) electrons. The number of anilines is 1. The van der Waals surface area contributed by atoms with Crippen LogP contribution in [0.1, 0.15) is 17.5 Å². The topological polar surface area (TPSA) is 59.1 Å². The number of phenolic OH excluding ortho intramolecular Hbond substituents is 1. The number of hydrogen-bond donors (Lipinski definition) is 2. The minimum Gasteiger partial charge on any atom is -0.508 e. The lowest BCUT2D eigenvalue weighted by atomic mass is 10.1. The molecule has 1 heterocycles. The summed E-state index contributed by atoms with van der Waals surface area (Å²) in [5, 5.41) is 10.4. The van der Waals surface area contributed by atoms with Gasteiger partial charge in [-0.1, -0.05) is 29.9 Å². The zero-order valence-corrected chi connectivity index (χ0v) is 13.0. The molecule has 22 heavy (non-hydrogen) atoms. The maximum Gasteiger partial charge on any atom is 0.117 e. The van der Waals surface area contributed by atoms with Crippen molar-refractivity contribution in [1.82, 2.24) is 4.98 Å². The predicted octanol–water partition coefficient (Wildman–Crippen LogP) is 4.70. The Morgan fingerprint density at radius 1 is 1.18 bits per heavy atom. The van der Waals surface area contributed by atoms with E-state index in [1.54, 1.807) is 23.5 Å². The van der Waals surface area contributed by atoms with Crippen LogP contribution in [0.3, 0.4) is 0 Å². The molecule has 2 aromatic carbocycles. The number of rotatable bonds is 3. The number of hydrogen-bond acceptors (Lipinski definition) is 4. The first-order chi connectivity index (χ1) is 10.6. The zero-order chi connectivity index (χ0) is 15.5. The molecule has 0 amide bonds. The Morgan fingerprint density at radius 2 is 1.95 bits per heavy atom. The lowest BCUT2D eigenvalue weighted by Crippen LogP contribution is -1.83. The Hall–Kier alpha value is -2.59. The lowest BCUT2D eigenvalue weighted by molar-refractivity contribution is 0.476. The van der Waals surface area contributed by atoms with Crippen molar-refractivity contribution in [1.29, 1.82) is 0 Å². The van der Waals surface area contributed by atoms with Crippen LogP contribution < -0.4 is 5.73 Å². The number of nitrogens with zero attached hydrogens (tertiary/aromatic N) is 1. The van der Waals surface area contributed by atoms with E-state index in [4.69, 9.17) is 5.73 Å². The second-order valence-electron chi connectivity index (χ2n) is 5.09. The minimum atomic E-state index is 0.270. The number of aromatic hydroxyl groups is 1. The molecule has 3 N–H and O–H groups in total. The molecule has 0 aliphatic heterocycles. The van der Waals surface area contributed by atoms with Gasteiger partial charge in [-0.2, -0.15) is 0 Å². The SMILES string of the molecule is CC(/C=C/c1nc2ccc(O)cc2s1)=C\c1ccc(N)cc1.